The zero-order chi connectivity index (χ0) is 12.9. The lowest BCUT2D eigenvalue weighted by Gasteiger charge is -2.08. The molecule has 2 nitrogen and oxygen atoms in total. The molecule has 0 aromatic heterocycles. The second-order valence-corrected chi connectivity index (χ2v) is 4.31. The quantitative estimate of drug-likeness (QED) is 0.847. The highest BCUT2D eigenvalue weighted by atomic mass is 79.9. The first-order valence-electron chi connectivity index (χ1n) is 4.99. The van der Waals surface area contributed by atoms with Gasteiger partial charge in [0.15, 0.2) is 0 Å². The Morgan fingerprint density at radius 2 is 1.94 bits per heavy atom. The topological polar surface area (TPSA) is 29.1 Å². The Hall–Kier alpha value is -1.04. The summed E-state index contributed by atoms with van der Waals surface area (Å²) in [6, 6.07) is 6.74. The number of hydrogen-bond donors (Lipinski definition) is 1. The van der Waals surface area contributed by atoms with Gasteiger partial charge in [-0.15, -0.1) is 0 Å². The first-order chi connectivity index (χ1) is 7.90. The summed E-state index contributed by atoms with van der Waals surface area (Å²) in [6.07, 6.45) is -5.17. The fraction of sp³-hybridized carbons (Fsp3) is 0.364. The molecule has 0 heterocycles. The Balaban J connectivity index is 2.39. The van der Waals surface area contributed by atoms with Gasteiger partial charge in [0.2, 0.25) is 0 Å². The summed E-state index contributed by atoms with van der Waals surface area (Å²) in [4.78, 5) is 11.6. The molecule has 0 fully saturated rings. The van der Waals surface area contributed by atoms with Crippen LogP contribution in [0.3, 0.4) is 0 Å². The molecule has 1 aromatic carbocycles. The van der Waals surface area contributed by atoms with Gasteiger partial charge >= 0.3 is 6.18 Å². The Labute approximate surface area is 105 Å². The molecule has 17 heavy (non-hydrogen) atoms. The van der Waals surface area contributed by atoms with Gasteiger partial charge in [-0.25, -0.2) is 0 Å². The van der Waals surface area contributed by atoms with E-state index in [9.17, 15) is 18.0 Å². The lowest BCUT2D eigenvalue weighted by Crippen LogP contribution is -2.25. The minimum absolute atomic E-state index is 0.0136. The number of hydrogen-bond acceptors (Lipinski definition) is 1. The van der Waals surface area contributed by atoms with Crippen LogP contribution < -0.4 is 5.32 Å². The second kappa shape index (κ2) is 6.05. The van der Waals surface area contributed by atoms with Gasteiger partial charge in [-0.05, 0) is 34.5 Å². The summed E-state index contributed by atoms with van der Waals surface area (Å²) in [5.74, 6) is -0.375. The van der Waals surface area contributed by atoms with Crippen molar-refractivity contribution in [1.82, 2.24) is 5.32 Å². The van der Waals surface area contributed by atoms with Crippen LogP contribution in [-0.4, -0.2) is 18.6 Å². The van der Waals surface area contributed by atoms with Gasteiger partial charge in [-0.3, -0.25) is 4.79 Å². The van der Waals surface area contributed by atoms with Crippen molar-refractivity contribution >= 4 is 21.8 Å². The van der Waals surface area contributed by atoms with Crippen molar-refractivity contribution in [2.24, 2.45) is 0 Å². The van der Waals surface area contributed by atoms with Crippen molar-refractivity contribution in [3.63, 3.8) is 0 Å². The average Bonchev–Trinajstić information content (AvgIpc) is 2.23. The van der Waals surface area contributed by atoms with Crippen LogP contribution in [0.15, 0.2) is 28.7 Å². The zero-order valence-corrected chi connectivity index (χ0v) is 10.4. The average molecular weight is 310 g/mol. The number of rotatable bonds is 4. The Morgan fingerprint density at radius 3 is 2.53 bits per heavy atom. The maximum absolute atomic E-state index is 11.8. The lowest BCUT2D eigenvalue weighted by atomic mass is 10.2. The number of carbonyl (C=O) groups is 1. The predicted octanol–water partition coefficient (Wildman–Crippen LogP) is 3.52. The summed E-state index contributed by atoms with van der Waals surface area (Å²) < 4.78 is 36.2. The van der Waals surface area contributed by atoms with Crippen LogP contribution in [0.5, 0.6) is 0 Å². The van der Waals surface area contributed by atoms with Crippen LogP contribution in [0, 0.1) is 0 Å². The van der Waals surface area contributed by atoms with Crippen LogP contribution >= 0.6 is 15.9 Å². The van der Waals surface area contributed by atoms with Gasteiger partial charge in [0.1, 0.15) is 0 Å². The molecule has 0 aliphatic rings. The molecule has 1 amide bonds. The minimum atomic E-state index is -4.17. The van der Waals surface area contributed by atoms with Gasteiger partial charge in [0.05, 0.1) is 5.56 Å². The van der Waals surface area contributed by atoms with E-state index in [1.807, 2.05) is 0 Å². The summed E-state index contributed by atoms with van der Waals surface area (Å²) in [5.41, 5.74) is 0.416. The van der Waals surface area contributed by atoms with Crippen molar-refractivity contribution in [3.8, 4) is 0 Å². The number of halogens is 4. The smallest absolute Gasteiger partial charge is 0.352 e. The third-order valence-electron chi connectivity index (χ3n) is 2.04. The van der Waals surface area contributed by atoms with E-state index in [1.54, 1.807) is 24.3 Å². The number of carbonyl (C=O) groups excluding carboxylic acids is 1. The summed E-state index contributed by atoms with van der Waals surface area (Å²) in [6.45, 7) is 0.0136. The van der Waals surface area contributed by atoms with Gasteiger partial charge in [-0.2, -0.15) is 13.2 Å². The molecule has 0 aliphatic heterocycles. The minimum Gasteiger partial charge on any atom is -0.352 e. The van der Waals surface area contributed by atoms with Crippen LogP contribution in [0.2, 0.25) is 0 Å². The second-order valence-electron chi connectivity index (χ2n) is 3.45. The summed E-state index contributed by atoms with van der Waals surface area (Å²) in [5, 5.41) is 2.44. The zero-order valence-electron chi connectivity index (χ0n) is 8.85. The largest absolute Gasteiger partial charge is 0.389 e. The fourth-order valence-electron chi connectivity index (χ4n) is 1.23. The van der Waals surface area contributed by atoms with Gasteiger partial charge in [0, 0.05) is 17.4 Å². The molecule has 0 saturated carbocycles. The normalized spacial score (nSPS) is 11.3. The van der Waals surface area contributed by atoms with Crippen LogP contribution in [0.1, 0.15) is 23.2 Å². The molecule has 94 valence electrons. The molecule has 0 radical (unpaired) electrons. The van der Waals surface area contributed by atoms with E-state index in [2.05, 4.69) is 21.2 Å². The van der Waals surface area contributed by atoms with Crippen LogP contribution in [0.4, 0.5) is 13.2 Å². The molecule has 0 atom stereocenters. The van der Waals surface area contributed by atoms with E-state index < -0.39 is 12.6 Å². The van der Waals surface area contributed by atoms with E-state index in [-0.39, 0.29) is 18.9 Å². The Bertz CT molecular complexity index is 393. The van der Waals surface area contributed by atoms with Gasteiger partial charge in [0.25, 0.3) is 5.91 Å². The third-order valence-corrected chi connectivity index (χ3v) is 2.73. The molecule has 0 unspecified atom stereocenters. The third kappa shape index (κ3) is 5.21. The Morgan fingerprint density at radius 1 is 1.29 bits per heavy atom. The first kappa shape index (κ1) is 14.0. The van der Waals surface area contributed by atoms with E-state index in [0.717, 1.165) is 0 Å². The number of nitrogens with one attached hydrogen (secondary N) is 1. The summed E-state index contributed by atoms with van der Waals surface area (Å²) >= 11 is 3.20. The highest BCUT2D eigenvalue weighted by Crippen LogP contribution is 2.21. The SMILES string of the molecule is O=C(NCCCC(F)(F)F)c1ccccc1Br. The molecular weight excluding hydrogens is 299 g/mol. The van der Waals surface area contributed by atoms with Gasteiger partial charge < -0.3 is 5.32 Å². The molecule has 1 N–H and O–H groups in total. The molecule has 1 aromatic rings. The highest BCUT2D eigenvalue weighted by Gasteiger charge is 2.26. The maximum atomic E-state index is 11.8. The van der Waals surface area contributed by atoms with Crippen LogP contribution in [-0.2, 0) is 0 Å². The van der Waals surface area contributed by atoms with E-state index in [4.69, 9.17) is 0 Å². The predicted molar refractivity (Wildman–Crippen MR) is 61.8 cm³/mol. The van der Waals surface area contributed by atoms with Gasteiger partial charge in [-0.1, -0.05) is 12.1 Å². The Kier molecular flexibility index (Phi) is 4.99. The van der Waals surface area contributed by atoms with Crippen molar-refractivity contribution in [3.05, 3.63) is 34.3 Å². The van der Waals surface area contributed by atoms with E-state index >= 15 is 0 Å². The van der Waals surface area contributed by atoms with Crippen LogP contribution in [0.25, 0.3) is 0 Å². The fourth-order valence-corrected chi connectivity index (χ4v) is 1.70. The number of benzene rings is 1. The molecule has 0 spiro atoms. The van der Waals surface area contributed by atoms with E-state index in [0.29, 0.717) is 10.0 Å². The maximum Gasteiger partial charge on any atom is 0.389 e. The van der Waals surface area contributed by atoms with Crippen molar-refractivity contribution in [2.75, 3.05) is 6.54 Å². The molecular formula is C11H11BrF3NO. The monoisotopic (exact) mass is 309 g/mol. The molecule has 0 saturated heterocycles. The molecule has 0 bridgehead atoms. The molecule has 0 aliphatic carbocycles. The highest BCUT2D eigenvalue weighted by molar-refractivity contribution is 9.10. The number of amides is 1. The first-order valence-corrected chi connectivity index (χ1v) is 5.79. The lowest BCUT2D eigenvalue weighted by molar-refractivity contribution is -0.135. The van der Waals surface area contributed by atoms with Crippen molar-refractivity contribution in [2.45, 2.75) is 19.0 Å². The summed E-state index contributed by atoms with van der Waals surface area (Å²) in [7, 11) is 0. The molecule has 6 heteroatoms. The number of alkyl halides is 3. The van der Waals surface area contributed by atoms with Crippen molar-refractivity contribution in [1.29, 1.82) is 0 Å². The van der Waals surface area contributed by atoms with Crippen molar-refractivity contribution < 1.29 is 18.0 Å². The standard InChI is InChI=1S/C11H11BrF3NO/c12-9-5-2-1-4-8(9)10(17)16-7-3-6-11(13,14)15/h1-2,4-5H,3,6-7H2,(H,16,17). The van der Waals surface area contributed by atoms with E-state index in [1.165, 1.54) is 0 Å². The molecule has 1 rings (SSSR count).